The summed E-state index contributed by atoms with van der Waals surface area (Å²) in [6.45, 7) is 2.03. The van der Waals surface area contributed by atoms with Crippen LogP contribution >= 0.6 is 0 Å². The molecule has 1 aromatic carbocycles. The van der Waals surface area contributed by atoms with E-state index in [0.717, 1.165) is 22.2 Å². The van der Waals surface area contributed by atoms with E-state index in [4.69, 9.17) is 0 Å². The van der Waals surface area contributed by atoms with Crippen LogP contribution in [0.4, 0.5) is 0 Å². The third kappa shape index (κ3) is 2.44. The van der Waals surface area contributed by atoms with Crippen LogP contribution in [-0.2, 0) is 11.2 Å². The molecule has 0 saturated heterocycles. The molecule has 0 saturated carbocycles. The van der Waals surface area contributed by atoms with Crippen molar-refractivity contribution >= 4 is 16.8 Å². The number of amides is 1. The van der Waals surface area contributed by atoms with Crippen LogP contribution in [0.3, 0.4) is 0 Å². The zero-order valence-electron chi connectivity index (χ0n) is 10.4. The Kier molecular flexibility index (Phi) is 3.09. The molecule has 1 aromatic heterocycles. The van der Waals surface area contributed by atoms with Crippen molar-refractivity contribution in [2.45, 2.75) is 13.3 Å². The number of pyridine rings is 1. The van der Waals surface area contributed by atoms with Gasteiger partial charge in [-0.05, 0) is 18.6 Å². The summed E-state index contributed by atoms with van der Waals surface area (Å²) in [6.07, 6.45) is 0.358. The van der Waals surface area contributed by atoms with E-state index in [0.29, 0.717) is 6.42 Å². The number of benzene rings is 1. The van der Waals surface area contributed by atoms with Gasteiger partial charge in [0.2, 0.25) is 5.91 Å². The maximum Gasteiger partial charge on any atom is 0.228 e. The predicted molar refractivity (Wildman–Crippen MR) is 68.9 cm³/mol. The number of aryl methyl sites for hydroxylation is 1. The summed E-state index contributed by atoms with van der Waals surface area (Å²) in [7, 11) is 3.52. The van der Waals surface area contributed by atoms with Crippen LogP contribution in [0.15, 0.2) is 30.3 Å². The second-order valence-electron chi connectivity index (χ2n) is 4.41. The van der Waals surface area contributed by atoms with Crippen molar-refractivity contribution < 1.29 is 4.79 Å². The average molecular weight is 228 g/mol. The number of hydrogen-bond acceptors (Lipinski definition) is 2. The lowest BCUT2D eigenvalue weighted by Gasteiger charge is -2.10. The molecule has 0 fully saturated rings. The Bertz CT molecular complexity index is 561. The number of carbonyl (C=O) groups is 1. The third-order valence-corrected chi connectivity index (χ3v) is 2.81. The average Bonchev–Trinajstić information content (AvgIpc) is 2.30. The van der Waals surface area contributed by atoms with Crippen LogP contribution < -0.4 is 0 Å². The molecule has 88 valence electrons. The Morgan fingerprint density at radius 3 is 2.71 bits per heavy atom. The third-order valence-electron chi connectivity index (χ3n) is 2.81. The number of aromatic nitrogens is 1. The van der Waals surface area contributed by atoms with Gasteiger partial charge in [0.1, 0.15) is 0 Å². The number of para-hydroxylation sites is 1. The van der Waals surface area contributed by atoms with E-state index in [1.165, 1.54) is 0 Å². The Morgan fingerprint density at radius 1 is 1.24 bits per heavy atom. The fourth-order valence-corrected chi connectivity index (χ4v) is 1.75. The van der Waals surface area contributed by atoms with E-state index in [1.54, 1.807) is 19.0 Å². The van der Waals surface area contributed by atoms with Crippen molar-refractivity contribution in [3.05, 3.63) is 41.6 Å². The van der Waals surface area contributed by atoms with Crippen LogP contribution in [-0.4, -0.2) is 29.9 Å². The Hall–Kier alpha value is -1.90. The van der Waals surface area contributed by atoms with Gasteiger partial charge in [0, 0.05) is 19.5 Å². The quantitative estimate of drug-likeness (QED) is 0.789. The summed E-state index contributed by atoms with van der Waals surface area (Å²) in [5.41, 5.74) is 2.95. The van der Waals surface area contributed by atoms with Crippen LogP contribution in [0.1, 0.15) is 11.3 Å². The molecule has 2 rings (SSSR count). The van der Waals surface area contributed by atoms with Crippen molar-refractivity contribution in [1.82, 2.24) is 9.88 Å². The highest BCUT2D eigenvalue weighted by molar-refractivity contribution is 5.83. The molecule has 0 aliphatic heterocycles. The van der Waals surface area contributed by atoms with Gasteiger partial charge in [0.15, 0.2) is 0 Å². The second-order valence-corrected chi connectivity index (χ2v) is 4.41. The summed E-state index contributed by atoms with van der Waals surface area (Å²) < 4.78 is 0. The van der Waals surface area contributed by atoms with Crippen molar-refractivity contribution in [1.29, 1.82) is 0 Å². The molecule has 0 bridgehead atoms. The monoisotopic (exact) mass is 228 g/mol. The van der Waals surface area contributed by atoms with E-state index in [2.05, 4.69) is 4.98 Å². The maximum absolute atomic E-state index is 11.6. The molecule has 3 heteroatoms. The summed E-state index contributed by atoms with van der Waals surface area (Å²) >= 11 is 0. The molecule has 3 nitrogen and oxygen atoms in total. The van der Waals surface area contributed by atoms with E-state index in [-0.39, 0.29) is 5.91 Å². The largest absolute Gasteiger partial charge is 0.348 e. The summed E-state index contributed by atoms with van der Waals surface area (Å²) in [5.74, 6) is 0.0745. The highest BCUT2D eigenvalue weighted by atomic mass is 16.2. The lowest BCUT2D eigenvalue weighted by atomic mass is 10.1. The van der Waals surface area contributed by atoms with E-state index < -0.39 is 0 Å². The van der Waals surface area contributed by atoms with Gasteiger partial charge in [-0.3, -0.25) is 9.78 Å². The van der Waals surface area contributed by atoms with Gasteiger partial charge in [0.25, 0.3) is 0 Å². The van der Waals surface area contributed by atoms with Gasteiger partial charge in [0.05, 0.1) is 17.6 Å². The standard InChI is InChI=1S/C14H16N2O/c1-10-5-4-6-11-7-8-12(15-14(10)11)9-13(17)16(2)3/h4-8H,9H2,1-3H3. The van der Waals surface area contributed by atoms with Crippen LogP contribution in [0, 0.1) is 6.92 Å². The van der Waals surface area contributed by atoms with Gasteiger partial charge in [-0.2, -0.15) is 0 Å². The van der Waals surface area contributed by atoms with Crippen molar-refractivity contribution in [3.8, 4) is 0 Å². The van der Waals surface area contributed by atoms with Gasteiger partial charge in [-0.1, -0.05) is 24.3 Å². The van der Waals surface area contributed by atoms with Crippen LogP contribution in [0.5, 0.6) is 0 Å². The molecule has 1 amide bonds. The molecule has 0 unspecified atom stereocenters. The molecule has 0 spiro atoms. The normalized spacial score (nSPS) is 10.5. The number of carbonyl (C=O) groups excluding carboxylic acids is 1. The highest BCUT2D eigenvalue weighted by Crippen LogP contribution is 2.16. The van der Waals surface area contributed by atoms with E-state index in [9.17, 15) is 4.79 Å². The summed E-state index contributed by atoms with van der Waals surface area (Å²) in [5, 5.41) is 1.12. The first-order valence-corrected chi connectivity index (χ1v) is 5.63. The molecule has 1 heterocycles. The zero-order chi connectivity index (χ0) is 12.4. The van der Waals surface area contributed by atoms with Crippen molar-refractivity contribution in [2.24, 2.45) is 0 Å². The lowest BCUT2D eigenvalue weighted by molar-refractivity contribution is -0.128. The molecule has 0 N–H and O–H groups in total. The molecule has 0 radical (unpaired) electrons. The smallest absolute Gasteiger partial charge is 0.228 e. The van der Waals surface area contributed by atoms with Gasteiger partial charge < -0.3 is 4.90 Å². The molecule has 0 atom stereocenters. The zero-order valence-corrected chi connectivity index (χ0v) is 10.4. The molecule has 17 heavy (non-hydrogen) atoms. The number of hydrogen-bond donors (Lipinski definition) is 0. The van der Waals surface area contributed by atoms with Gasteiger partial charge in [-0.15, -0.1) is 0 Å². The minimum Gasteiger partial charge on any atom is -0.348 e. The minimum atomic E-state index is 0.0745. The summed E-state index contributed by atoms with van der Waals surface area (Å²) in [4.78, 5) is 17.8. The van der Waals surface area contributed by atoms with Crippen molar-refractivity contribution in [2.75, 3.05) is 14.1 Å². The lowest BCUT2D eigenvalue weighted by Crippen LogP contribution is -2.23. The predicted octanol–water partition coefficient (Wildman–Crippen LogP) is 2.17. The fourth-order valence-electron chi connectivity index (χ4n) is 1.75. The number of fused-ring (bicyclic) bond motifs is 1. The van der Waals surface area contributed by atoms with E-state index in [1.807, 2.05) is 37.3 Å². The maximum atomic E-state index is 11.6. The summed E-state index contributed by atoms with van der Waals surface area (Å²) in [6, 6.07) is 10.0. The SMILES string of the molecule is Cc1cccc2ccc(CC(=O)N(C)C)nc12. The topological polar surface area (TPSA) is 33.2 Å². The first-order valence-electron chi connectivity index (χ1n) is 5.63. The minimum absolute atomic E-state index is 0.0745. The Balaban J connectivity index is 2.38. The number of nitrogens with zero attached hydrogens (tertiary/aromatic N) is 2. The molecule has 0 aliphatic rings. The fraction of sp³-hybridized carbons (Fsp3) is 0.286. The van der Waals surface area contributed by atoms with Crippen LogP contribution in [0.25, 0.3) is 10.9 Å². The number of rotatable bonds is 2. The van der Waals surface area contributed by atoms with E-state index >= 15 is 0 Å². The highest BCUT2D eigenvalue weighted by Gasteiger charge is 2.07. The first-order chi connectivity index (χ1) is 8.08. The molecule has 2 aromatic rings. The van der Waals surface area contributed by atoms with Crippen molar-refractivity contribution in [3.63, 3.8) is 0 Å². The first kappa shape index (κ1) is 11.6. The van der Waals surface area contributed by atoms with Crippen LogP contribution in [0.2, 0.25) is 0 Å². The number of likely N-dealkylation sites (N-methyl/N-ethyl adjacent to an activating group) is 1. The van der Waals surface area contributed by atoms with Gasteiger partial charge in [-0.25, -0.2) is 0 Å². The molecular formula is C14H16N2O. The molecular weight excluding hydrogens is 212 g/mol. The Morgan fingerprint density at radius 2 is 2.00 bits per heavy atom. The second kappa shape index (κ2) is 4.53. The van der Waals surface area contributed by atoms with Gasteiger partial charge >= 0.3 is 0 Å². The Labute approximate surface area is 101 Å². The molecule has 0 aliphatic carbocycles.